The van der Waals surface area contributed by atoms with Crippen LogP contribution in [0.5, 0.6) is 5.75 Å². The number of nitrogens with zero attached hydrogens (tertiary/aromatic N) is 3. The first-order valence-corrected chi connectivity index (χ1v) is 10.0. The topological polar surface area (TPSA) is 57.7 Å². The van der Waals surface area contributed by atoms with Gasteiger partial charge in [0.05, 0.1) is 0 Å². The SMILES string of the molecule is CCN1CCN(c2ccc(CNC(=O)COc3ccc(Br)cc3)cn2)CC1. The Morgan fingerprint density at radius 1 is 1.15 bits per heavy atom. The molecule has 0 unspecified atom stereocenters. The number of hydrogen-bond donors (Lipinski definition) is 1. The van der Waals surface area contributed by atoms with Crippen LogP contribution in [0.25, 0.3) is 0 Å². The van der Waals surface area contributed by atoms with Gasteiger partial charge < -0.3 is 19.9 Å². The van der Waals surface area contributed by atoms with Gasteiger partial charge in [-0.05, 0) is 42.4 Å². The molecule has 1 N–H and O–H groups in total. The Labute approximate surface area is 168 Å². The standard InChI is InChI=1S/C20H25BrN4O2/c1-2-24-9-11-25(12-10-24)19-8-3-16(13-22-19)14-23-20(26)15-27-18-6-4-17(21)5-7-18/h3-8,13H,2,9-12,14-15H2,1H3,(H,23,26). The van der Waals surface area contributed by atoms with Crippen LogP contribution in [-0.4, -0.2) is 55.1 Å². The van der Waals surface area contributed by atoms with Crippen LogP contribution in [-0.2, 0) is 11.3 Å². The fourth-order valence-electron chi connectivity index (χ4n) is 2.93. The summed E-state index contributed by atoms with van der Waals surface area (Å²) in [7, 11) is 0. The molecule has 3 rings (SSSR count). The molecule has 1 fully saturated rings. The molecule has 1 saturated heterocycles. The van der Waals surface area contributed by atoms with E-state index in [-0.39, 0.29) is 12.5 Å². The molecule has 6 nitrogen and oxygen atoms in total. The molecule has 0 radical (unpaired) electrons. The number of nitrogens with one attached hydrogen (secondary N) is 1. The molecule has 0 saturated carbocycles. The highest BCUT2D eigenvalue weighted by atomic mass is 79.9. The molecule has 27 heavy (non-hydrogen) atoms. The van der Waals surface area contributed by atoms with Gasteiger partial charge >= 0.3 is 0 Å². The third kappa shape index (κ3) is 5.94. The summed E-state index contributed by atoms with van der Waals surface area (Å²) in [6, 6.07) is 11.4. The minimum Gasteiger partial charge on any atom is -0.484 e. The van der Waals surface area contributed by atoms with Gasteiger partial charge in [0.2, 0.25) is 0 Å². The second-order valence-corrected chi connectivity index (χ2v) is 7.38. The van der Waals surface area contributed by atoms with Crippen LogP contribution in [0.3, 0.4) is 0 Å². The van der Waals surface area contributed by atoms with Crippen molar-refractivity contribution in [3.05, 3.63) is 52.6 Å². The normalized spacial score (nSPS) is 14.8. The summed E-state index contributed by atoms with van der Waals surface area (Å²) in [6.07, 6.45) is 1.83. The molecule has 7 heteroatoms. The molecule has 144 valence electrons. The minimum absolute atomic E-state index is 0.00511. The van der Waals surface area contributed by atoms with Gasteiger partial charge in [0.25, 0.3) is 5.91 Å². The quantitative estimate of drug-likeness (QED) is 0.728. The number of amides is 1. The molecule has 0 atom stereocenters. The molecule has 2 heterocycles. The van der Waals surface area contributed by atoms with Crippen LogP contribution in [0.4, 0.5) is 5.82 Å². The summed E-state index contributed by atoms with van der Waals surface area (Å²) >= 11 is 3.37. The van der Waals surface area contributed by atoms with Crippen LogP contribution in [0.1, 0.15) is 12.5 Å². The van der Waals surface area contributed by atoms with Crippen molar-refractivity contribution in [2.24, 2.45) is 0 Å². The monoisotopic (exact) mass is 432 g/mol. The Kier molecular flexibility index (Phi) is 7.06. The number of halogens is 1. The molecule has 1 aromatic heterocycles. The average molecular weight is 433 g/mol. The van der Waals surface area contributed by atoms with Crippen molar-refractivity contribution in [2.45, 2.75) is 13.5 Å². The number of hydrogen-bond acceptors (Lipinski definition) is 5. The predicted octanol–water partition coefficient (Wildman–Crippen LogP) is 2.68. The first kappa shape index (κ1) is 19.6. The highest BCUT2D eigenvalue weighted by Gasteiger charge is 2.16. The van der Waals surface area contributed by atoms with Gasteiger partial charge in [-0.15, -0.1) is 0 Å². The maximum absolute atomic E-state index is 12.0. The van der Waals surface area contributed by atoms with Crippen LogP contribution in [0.15, 0.2) is 47.1 Å². The number of aromatic nitrogens is 1. The molecule has 1 aromatic carbocycles. The van der Waals surface area contributed by atoms with Crippen LogP contribution in [0, 0.1) is 0 Å². The second-order valence-electron chi connectivity index (χ2n) is 6.47. The zero-order valence-corrected chi connectivity index (χ0v) is 17.1. The first-order valence-electron chi connectivity index (χ1n) is 9.21. The van der Waals surface area contributed by atoms with Crippen molar-refractivity contribution >= 4 is 27.7 Å². The summed E-state index contributed by atoms with van der Waals surface area (Å²) < 4.78 is 6.44. The van der Waals surface area contributed by atoms with Gasteiger partial charge in [0.15, 0.2) is 6.61 Å². The first-order chi connectivity index (χ1) is 13.1. The summed E-state index contributed by atoms with van der Waals surface area (Å²) in [5.74, 6) is 1.51. The summed E-state index contributed by atoms with van der Waals surface area (Å²) in [5.41, 5.74) is 0.975. The van der Waals surface area contributed by atoms with E-state index in [0.29, 0.717) is 12.3 Å². The zero-order chi connectivity index (χ0) is 19.1. The third-order valence-corrected chi connectivity index (χ3v) is 5.15. The summed E-state index contributed by atoms with van der Waals surface area (Å²) in [5, 5.41) is 2.86. The number of likely N-dealkylation sites (N-methyl/N-ethyl adjacent to an activating group) is 1. The summed E-state index contributed by atoms with van der Waals surface area (Å²) in [4.78, 5) is 21.3. The van der Waals surface area contributed by atoms with Gasteiger partial charge in [0, 0.05) is 43.4 Å². The van der Waals surface area contributed by atoms with Crippen molar-refractivity contribution < 1.29 is 9.53 Å². The van der Waals surface area contributed by atoms with Crippen molar-refractivity contribution in [1.82, 2.24) is 15.2 Å². The highest BCUT2D eigenvalue weighted by molar-refractivity contribution is 9.10. The number of rotatable bonds is 7. The molecule has 1 aliphatic rings. The van der Waals surface area contributed by atoms with Crippen LogP contribution in [0.2, 0.25) is 0 Å². The number of benzene rings is 1. The number of carbonyl (C=O) groups is 1. The van der Waals surface area contributed by atoms with Crippen LogP contribution < -0.4 is 15.0 Å². The number of piperazine rings is 1. The van der Waals surface area contributed by atoms with E-state index in [0.717, 1.165) is 48.6 Å². The van der Waals surface area contributed by atoms with Gasteiger partial charge in [-0.3, -0.25) is 4.79 Å². The van der Waals surface area contributed by atoms with Crippen molar-refractivity contribution in [2.75, 3.05) is 44.2 Å². The Balaban J connectivity index is 1.41. The lowest BCUT2D eigenvalue weighted by atomic mass is 10.2. The fraction of sp³-hybridized carbons (Fsp3) is 0.400. The van der Waals surface area contributed by atoms with E-state index in [2.05, 4.69) is 43.0 Å². The maximum Gasteiger partial charge on any atom is 0.258 e. The predicted molar refractivity (Wildman–Crippen MR) is 110 cm³/mol. The number of ether oxygens (including phenoxy) is 1. The minimum atomic E-state index is -0.155. The molecule has 0 aliphatic carbocycles. The van der Waals surface area contributed by atoms with Gasteiger partial charge in [-0.25, -0.2) is 4.98 Å². The van der Waals surface area contributed by atoms with Gasteiger partial charge in [0.1, 0.15) is 11.6 Å². The number of anilines is 1. The Bertz CT molecular complexity index is 729. The van der Waals surface area contributed by atoms with E-state index < -0.39 is 0 Å². The largest absolute Gasteiger partial charge is 0.484 e. The molecule has 0 spiro atoms. The average Bonchev–Trinajstić information content (AvgIpc) is 2.72. The fourth-order valence-corrected chi connectivity index (χ4v) is 3.20. The molecular formula is C20H25BrN4O2. The van der Waals surface area contributed by atoms with Gasteiger partial charge in [-0.2, -0.15) is 0 Å². The smallest absolute Gasteiger partial charge is 0.258 e. The van der Waals surface area contributed by atoms with E-state index >= 15 is 0 Å². The molecule has 1 aliphatic heterocycles. The molecule has 2 aromatic rings. The lowest BCUT2D eigenvalue weighted by Crippen LogP contribution is -2.46. The lowest BCUT2D eigenvalue weighted by Gasteiger charge is -2.34. The van der Waals surface area contributed by atoms with E-state index in [1.165, 1.54) is 0 Å². The Morgan fingerprint density at radius 3 is 2.52 bits per heavy atom. The van der Waals surface area contributed by atoms with Crippen molar-refractivity contribution in [1.29, 1.82) is 0 Å². The van der Waals surface area contributed by atoms with E-state index in [1.54, 1.807) is 0 Å². The number of pyridine rings is 1. The van der Waals surface area contributed by atoms with E-state index in [1.807, 2.05) is 42.6 Å². The van der Waals surface area contributed by atoms with Crippen molar-refractivity contribution in [3.8, 4) is 5.75 Å². The second kappa shape index (κ2) is 9.71. The molecule has 0 bridgehead atoms. The zero-order valence-electron chi connectivity index (χ0n) is 15.5. The van der Waals surface area contributed by atoms with E-state index in [9.17, 15) is 4.79 Å². The highest BCUT2D eigenvalue weighted by Crippen LogP contribution is 2.16. The molecular weight excluding hydrogens is 408 g/mol. The van der Waals surface area contributed by atoms with E-state index in [4.69, 9.17) is 4.74 Å². The Hall–Kier alpha value is -2.12. The van der Waals surface area contributed by atoms with Crippen LogP contribution >= 0.6 is 15.9 Å². The number of carbonyl (C=O) groups excluding carboxylic acids is 1. The van der Waals surface area contributed by atoms with Gasteiger partial charge in [-0.1, -0.05) is 28.9 Å². The maximum atomic E-state index is 12.0. The lowest BCUT2D eigenvalue weighted by molar-refractivity contribution is -0.123. The van der Waals surface area contributed by atoms with Crippen molar-refractivity contribution in [3.63, 3.8) is 0 Å². The summed E-state index contributed by atoms with van der Waals surface area (Å²) in [6.45, 7) is 7.90. The molecule has 1 amide bonds. The third-order valence-electron chi connectivity index (χ3n) is 4.63. The Morgan fingerprint density at radius 2 is 1.89 bits per heavy atom.